The Labute approximate surface area is 163 Å². The zero-order valence-corrected chi connectivity index (χ0v) is 15.9. The lowest BCUT2D eigenvalue weighted by atomic mass is 10.0. The highest BCUT2D eigenvalue weighted by molar-refractivity contribution is 5.97. The molecule has 2 aliphatic heterocycles. The van der Waals surface area contributed by atoms with Gasteiger partial charge >= 0.3 is 0 Å². The van der Waals surface area contributed by atoms with Crippen LogP contribution in [0.1, 0.15) is 29.0 Å². The molecule has 1 spiro atoms. The lowest BCUT2D eigenvalue weighted by molar-refractivity contribution is -0.181. The topological polar surface area (TPSA) is 56.6 Å². The quantitative estimate of drug-likeness (QED) is 0.688. The van der Waals surface area contributed by atoms with Crippen LogP contribution in [0.25, 0.3) is 16.7 Å². The van der Waals surface area contributed by atoms with Gasteiger partial charge < -0.3 is 14.4 Å². The van der Waals surface area contributed by atoms with E-state index in [4.69, 9.17) is 9.47 Å². The van der Waals surface area contributed by atoms with Crippen LogP contribution in [0.4, 0.5) is 0 Å². The highest BCUT2D eigenvalue weighted by Crippen LogP contribution is 2.32. The first-order valence-electron chi connectivity index (χ1n) is 9.77. The number of nitrogens with zero attached hydrogens (tertiary/aromatic N) is 3. The number of amides is 1. The standard InChI is InChI=1S/C22H23N3O3/c1-16-23-19-15-17(7-8-20(19)25(16)18-5-3-2-4-6-18)21(26)24-11-9-22(10-12-24)27-13-14-28-22/h2-8,15H,9-14H2,1H3. The van der Waals surface area contributed by atoms with Crippen LogP contribution in [-0.2, 0) is 9.47 Å². The van der Waals surface area contributed by atoms with Crippen molar-refractivity contribution in [3.8, 4) is 5.69 Å². The number of piperidine rings is 1. The molecular formula is C22H23N3O3. The maximum atomic E-state index is 13.0. The molecular weight excluding hydrogens is 354 g/mol. The molecule has 0 bridgehead atoms. The number of rotatable bonds is 2. The summed E-state index contributed by atoms with van der Waals surface area (Å²) in [4.78, 5) is 19.6. The largest absolute Gasteiger partial charge is 0.347 e. The van der Waals surface area contributed by atoms with Gasteiger partial charge in [-0.2, -0.15) is 0 Å². The van der Waals surface area contributed by atoms with Gasteiger partial charge in [-0.3, -0.25) is 9.36 Å². The highest BCUT2D eigenvalue weighted by atomic mass is 16.7. The molecule has 144 valence electrons. The van der Waals surface area contributed by atoms with Crippen molar-refractivity contribution in [3.63, 3.8) is 0 Å². The second-order valence-corrected chi connectivity index (χ2v) is 7.43. The number of imidazole rings is 1. The van der Waals surface area contributed by atoms with Gasteiger partial charge in [0.2, 0.25) is 0 Å². The van der Waals surface area contributed by atoms with Gasteiger partial charge in [-0.25, -0.2) is 4.98 Å². The molecule has 0 saturated carbocycles. The Morgan fingerprint density at radius 2 is 1.75 bits per heavy atom. The minimum atomic E-state index is -0.466. The number of aromatic nitrogens is 2. The van der Waals surface area contributed by atoms with Crippen molar-refractivity contribution in [2.75, 3.05) is 26.3 Å². The summed E-state index contributed by atoms with van der Waals surface area (Å²) >= 11 is 0. The van der Waals surface area contributed by atoms with E-state index in [1.807, 2.05) is 48.2 Å². The van der Waals surface area contributed by atoms with Gasteiger partial charge in [0.1, 0.15) is 5.82 Å². The van der Waals surface area contributed by atoms with Crippen LogP contribution >= 0.6 is 0 Å². The Bertz CT molecular complexity index is 1010. The van der Waals surface area contributed by atoms with Crippen molar-refractivity contribution >= 4 is 16.9 Å². The smallest absolute Gasteiger partial charge is 0.253 e. The van der Waals surface area contributed by atoms with E-state index in [-0.39, 0.29) is 5.91 Å². The normalized spacial score (nSPS) is 18.8. The SMILES string of the molecule is Cc1nc2cc(C(=O)N3CCC4(CC3)OCCO4)ccc2n1-c1ccccc1. The zero-order valence-electron chi connectivity index (χ0n) is 15.9. The molecule has 3 heterocycles. The van der Waals surface area contributed by atoms with Crippen molar-refractivity contribution in [1.29, 1.82) is 0 Å². The number of carbonyl (C=O) groups is 1. The number of fused-ring (bicyclic) bond motifs is 1. The van der Waals surface area contributed by atoms with Crippen molar-refractivity contribution in [2.24, 2.45) is 0 Å². The summed E-state index contributed by atoms with van der Waals surface area (Å²) in [6, 6.07) is 15.9. The maximum absolute atomic E-state index is 13.0. The Balaban J connectivity index is 1.40. The molecule has 1 amide bonds. The van der Waals surface area contributed by atoms with E-state index in [0.717, 1.165) is 35.4 Å². The minimum Gasteiger partial charge on any atom is -0.347 e. The summed E-state index contributed by atoms with van der Waals surface area (Å²) in [5.41, 5.74) is 3.59. The minimum absolute atomic E-state index is 0.0432. The molecule has 1 aromatic heterocycles. The highest BCUT2D eigenvalue weighted by Gasteiger charge is 2.40. The van der Waals surface area contributed by atoms with E-state index in [1.54, 1.807) is 0 Å². The molecule has 0 unspecified atom stereocenters. The average molecular weight is 377 g/mol. The molecule has 0 atom stereocenters. The molecule has 28 heavy (non-hydrogen) atoms. The molecule has 0 aliphatic carbocycles. The first-order valence-corrected chi connectivity index (χ1v) is 9.77. The number of hydrogen-bond donors (Lipinski definition) is 0. The summed E-state index contributed by atoms with van der Waals surface area (Å²) in [5, 5.41) is 0. The van der Waals surface area contributed by atoms with E-state index in [9.17, 15) is 4.79 Å². The van der Waals surface area contributed by atoms with Crippen LogP contribution in [-0.4, -0.2) is 52.4 Å². The Morgan fingerprint density at radius 3 is 2.46 bits per heavy atom. The maximum Gasteiger partial charge on any atom is 0.253 e. The Morgan fingerprint density at radius 1 is 1.04 bits per heavy atom. The fourth-order valence-corrected chi connectivity index (χ4v) is 4.26. The molecule has 6 heteroatoms. The molecule has 2 fully saturated rings. The second-order valence-electron chi connectivity index (χ2n) is 7.43. The molecule has 2 aromatic carbocycles. The molecule has 5 rings (SSSR count). The average Bonchev–Trinajstić information content (AvgIpc) is 3.31. The summed E-state index contributed by atoms with van der Waals surface area (Å²) in [7, 11) is 0. The van der Waals surface area contributed by atoms with Gasteiger partial charge in [0, 0.05) is 37.2 Å². The first kappa shape index (κ1) is 17.4. The molecule has 0 radical (unpaired) electrons. The van der Waals surface area contributed by atoms with E-state index in [0.29, 0.717) is 31.9 Å². The number of ether oxygens (including phenoxy) is 2. The summed E-state index contributed by atoms with van der Waals surface area (Å²) in [6.07, 6.45) is 1.45. The van der Waals surface area contributed by atoms with Gasteiger partial charge in [-0.15, -0.1) is 0 Å². The van der Waals surface area contributed by atoms with Crippen molar-refractivity contribution in [2.45, 2.75) is 25.6 Å². The third-order valence-electron chi connectivity index (χ3n) is 5.71. The van der Waals surface area contributed by atoms with E-state index < -0.39 is 5.79 Å². The summed E-state index contributed by atoms with van der Waals surface area (Å²) < 4.78 is 13.6. The number of carbonyl (C=O) groups excluding carboxylic acids is 1. The third-order valence-corrected chi connectivity index (χ3v) is 5.71. The molecule has 3 aromatic rings. The Kier molecular flexibility index (Phi) is 4.18. The number of aryl methyl sites for hydroxylation is 1. The molecule has 2 saturated heterocycles. The van der Waals surface area contributed by atoms with E-state index in [1.165, 1.54) is 0 Å². The fourth-order valence-electron chi connectivity index (χ4n) is 4.26. The van der Waals surface area contributed by atoms with Gasteiger partial charge in [0.25, 0.3) is 5.91 Å². The number of para-hydroxylation sites is 1. The molecule has 2 aliphatic rings. The van der Waals surface area contributed by atoms with Crippen molar-refractivity contribution in [1.82, 2.24) is 14.5 Å². The molecule has 0 N–H and O–H groups in total. The monoisotopic (exact) mass is 377 g/mol. The lowest BCUT2D eigenvalue weighted by Crippen LogP contribution is -2.47. The fraction of sp³-hybridized carbons (Fsp3) is 0.364. The van der Waals surface area contributed by atoms with Crippen molar-refractivity contribution < 1.29 is 14.3 Å². The first-order chi connectivity index (χ1) is 13.7. The van der Waals surface area contributed by atoms with Gasteiger partial charge in [-0.05, 0) is 37.3 Å². The van der Waals surface area contributed by atoms with Crippen molar-refractivity contribution in [3.05, 3.63) is 59.9 Å². The number of benzene rings is 2. The summed E-state index contributed by atoms with van der Waals surface area (Å²) in [5.74, 6) is 0.481. The summed E-state index contributed by atoms with van der Waals surface area (Å²) in [6.45, 7) is 4.57. The zero-order chi connectivity index (χ0) is 19.1. The van der Waals surface area contributed by atoms with Crippen LogP contribution in [0.5, 0.6) is 0 Å². The second kappa shape index (κ2) is 6.72. The predicted molar refractivity (Wildman–Crippen MR) is 106 cm³/mol. The van der Waals surface area contributed by atoms with E-state index in [2.05, 4.69) is 21.7 Å². The number of hydrogen-bond acceptors (Lipinski definition) is 4. The predicted octanol–water partition coefficient (Wildman–Crippen LogP) is 3.31. The Hall–Kier alpha value is -2.70. The van der Waals surface area contributed by atoms with Crippen LogP contribution in [0, 0.1) is 6.92 Å². The van der Waals surface area contributed by atoms with Crippen LogP contribution in [0.3, 0.4) is 0 Å². The van der Waals surface area contributed by atoms with Gasteiger partial charge in [-0.1, -0.05) is 18.2 Å². The lowest BCUT2D eigenvalue weighted by Gasteiger charge is -2.37. The van der Waals surface area contributed by atoms with Crippen LogP contribution < -0.4 is 0 Å². The van der Waals surface area contributed by atoms with Crippen LogP contribution in [0.15, 0.2) is 48.5 Å². The molecule has 6 nitrogen and oxygen atoms in total. The van der Waals surface area contributed by atoms with Gasteiger partial charge in [0.05, 0.1) is 24.2 Å². The number of likely N-dealkylation sites (tertiary alicyclic amines) is 1. The van der Waals surface area contributed by atoms with Gasteiger partial charge in [0.15, 0.2) is 5.79 Å². The van der Waals surface area contributed by atoms with Crippen LogP contribution in [0.2, 0.25) is 0 Å². The third kappa shape index (κ3) is 2.89. The van der Waals surface area contributed by atoms with E-state index >= 15 is 0 Å².